The van der Waals surface area contributed by atoms with Crippen LogP contribution in [-0.4, -0.2) is 66.5 Å². The van der Waals surface area contributed by atoms with Crippen molar-refractivity contribution in [2.45, 2.75) is 64.3 Å². The number of piperidine rings is 1. The Bertz CT molecular complexity index is 624. The third kappa shape index (κ3) is 3.93. The second kappa shape index (κ2) is 7.15. The molecular formula is C20H33BN2O3. The van der Waals surface area contributed by atoms with Gasteiger partial charge >= 0.3 is 7.12 Å². The number of phenolic OH excluding ortho intramolecular Hbond substituents is 1. The molecule has 3 rings (SSSR count). The van der Waals surface area contributed by atoms with E-state index in [-0.39, 0.29) is 18.3 Å². The highest BCUT2D eigenvalue weighted by atomic mass is 16.7. The second-order valence-corrected chi connectivity index (χ2v) is 8.95. The Morgan fingerprint density at radius 3 is 2.23 bits per heavy atom. The lowest BCUT2D eigenvalue weighted by Gasteiger charge is -2.35. The molecule has 0 atom stereocenters. The number of aromatic hydroxyl groups is 1. The van der Waals surface area contributed by atoms with Crippen molar-refractivity contribution in [2.24, 2.45) is 0 Å². The number of phenols is 1. The fraction of sp³-hybridized carbons (Fsp3) is 0.700. The zero-order valence-electron chi connectivity index (χ0n) is 17.1. The Hall–Kier alpha value is -1.08. The van der Waals surface area contributed by atoms with Crippen LogP contribution in [-0.2, 0) is 15.9 Å². The van der Waals surface area contributed by atoms with Gasteiger partial charge in [0.15, 0.2) is 0 Å². The van der Waals surface area contributed by atoms with Crippen LogP contribution in [0.4, 0.5) is 0 Å². The maximum Gasteiger partial charge on any atom is 0.494 e. The van der Waals surface area contributed by atoms with Gasteiger partial charge in [-0.05, 0) is 79.3 Å². The standard InChI is InChI=1S/C20H33BN2O3/c1-19(2)20(3,4)26-21(25-19)16-7-8-18(24)15(13-16)14-23-11-9-17(10-12-23)22(5)6/h7-8,13,17,24H,9-12,14H2,1-6H3. The van der Waals surface area contributed by atoms with E-state index in [0.29, 0.717) is 11.8 Å². The number of hydrogen-bond acceptors (Lipinski definition) is 5. The largest absolute Gasteiger partial charge is 0.508 e. The molecule has 2 saturated heterocycles. The minimum absolute atomic E-state index is 0.347. The molecule has 0 aliphatic carbocycles. The molecule has 2 heterocycles. The summed E-state index contributed by atoms with van der Waals surface area (Å²) in [5.41, 5.74) is 1.20. The summed E-state index contributed by atoms with van der Waals surface area (Å²) in [6.45, 7) is 11.1. The average Bonchev–Trinajstić information content (AvgIpc) is 2.78. The molecule has 1 aromatic carbocycles. The molecule has 0 bridgehead atoms. The van der Waals surface area contributed by atoms with Gasteiger partial charge in [0.2, 0.25) is 0 Å². The molecule has 0 unspecified atom stereocenters. The van der Waals surface area contributed by atoms with Crippen LogP contribution in [0.5, 0.6) is 5.75 Å². The maximum atomic E-state index is 10.3. The fourth-order valence-corrected chi connectivity index (χ4v) is 3.69. The molecule has 0 radical (unpaired) electrons. The van der Waals surface area contributed by atoms with Crippen molar-refractivity contribution < 1.29 is 14.4 Å². The Morgan fingerprint density at radius 1 is 1.12 bits per heavy atom. The average molecular weight is 360 g/mol. The van der Waals surface area contributed by atoms with E-state index in [1.54, 1.807) is 6.07 Å². The monoisotopic (exact) mass is 360 g/mol. The van der Waals surface area contributed by atoms with Crippen LogP contribution < -0.4 is 5.46 Å². The summed E-state index contributed by atoms with van der Waals surface area (Å²) in [6.07, 6.45) is 2.34. The predicted molar refractivity (Wildman–Crippen MR) is 106 cm³/mol. The zero-order valence-corrected chi connectivity index (χ0v) is 17.1. The molecule has 0 aromatic heterocycles. The lowest BCUT2D eigenvalue weighted by molar-refractivity contribution is 0.00578. The first-order valence-corrected chi connectivity index (χ1v) is 9.65. The van der Waals surface area contributed by atoms with Crippen LogP contribution in [0.1, 0.15) is 46.1 Å². The zero-order chi connectivity index (χ0) is 19.1. The molecule has 5 nitrogen and oxygen atoms in total. The van der Waals surface area contributed by atoms with Crippen LogP contribution >= 0.6 is 0 Å². The second-order valence-electron chi connectivity index (χ2n) is 8.95. The number of likely N-dealkylation sites (tertiary alicyclic amines) is 1. The summed E-state index contributed by atoms with van der Waals surface area (Å²) >= 11 is 0. The molecule has 0 saturated carbocycles. The van der Waals surface area contributed by atoms with Gasteiger partial charge in [-0.15, -0.1) is 0 Å². The van der Waals surface area contributed by atoms with Gasteiger partial charge < -0.3 is 19.3 Å². The van der Waals surface area contributed by atoms with Gasteiger partial charge in [-0.2, -0.15) is 0 Å². The molecular weight excluding hydrogens is 327 g/mol. The van der Waals surface area contributed by atoms with Crippen LogP contribution in [0.15, 0.2) is 18.2 Å². The van der Waals surface area contributed by atoms with Crippen LogP contribution in [0.25, 0.3) is 0 Å². The van der Waals surface area contributed by atoms with E-state index in [0.717, 1.165) is 30.7 Å². The topological polar surface area (TPSA) is 45.2 Å². The van der Waals surface area contributed by atoms with Crippen molar-refractivity contribution in [3.05, 3.63) is 23.8 Å². The quantitative estimate of drug-likeness (QED) is 0.835. The third-order valence-corrected chi connectivity index (χ3v) is 6.31. The van der Waals surface area contributed by atoms with Gasteiger partial charge in [0, 0.05) is 18.2 Å². The summed E-state index contributed by atoms with van der Waals surface area (Å²) in [5, 5.41) is 10.3. The first kappa shape index (κ1) is 19.7. The van der Waals surface area contributed by atoms with E-state index in [1.807, 2.05) is 12.1 Å². The Balaban J connectivity index is 1.69. The molecule has 1 aromatic rings. The normalized spacial score (nSPS) is 23.7. The van der Waals surface area contributed by atoms with Gasteiger partial charge in [0.05, 0.1) is 11.2 Å². The smallest absolute Gasteiger partial charge is 0.494 e. The highest BCUT2D eigenvalue weighted by Gasteiger charge is 2.51. The molecule has 2 aliphatic rings. The summed E-state index contributed by atoms with van der Waals surface area (Å²) in [7, 11) is 3.92. The molecule has 2 fully saturated rings. The molecule has 0 amide bonds. The van der Waals surface area contributed by atoms with Crippen molar-refractivity contribution >= 4 is 12.6 Å². The van der Waals surface area contributed by atoms with E-state index in [1.165, 1.54) is 12.8 Å². The molecule has 2 aliphatic heterocycles. The van der Waals surface area contributed by atoms with Gasteiger partial charge in [0.25, 0.3) is 0 Å². The lowest BCUT2D eigenvalue weighted by Crippen LogP contribution is -2.41. The van der Waals surface area contributed by atoms with Crippen LogP contribution in [0, 0.1) is 0 Å². The first-order valence-electron chi connectivity index (χ1n) is 9.65. The Kier molecular flexibility index (Phi) is 5.41. The summed E-state index contributed by atoms with van der Waals surface area (Å²) in [4.78, 5) is 4.73. The van der Waals surface area contributed by atoms with Crippen molar-refractivity contribution in [1.29, 1.82) is 0 Å². The van der Waals surface area contributed by atoms with Crippen molar-refractivity contribution in [3.63, 3.8) is 0 Å². The van der Waals surface area contributed by atoms with Crippen LogP contribution in [0.3, 0.4) is 0 Å². The van der Waals surface area contributed by atoms with Crippen molar-refractivity contribution in [2.75, 3.05) is 27.2 Å². The van der Waals surface area contributed by atoms with Crippen molar-refractivity contribution in [3.8, 4) is 5.75 Å². The number of nitrogens with zero attached hydrogens (tertiary/aromatic N) is 2. The minimum Gasteiger partial charge on any atom is -0.508 e. The minimum atomic E-state index is -0.390. The van der Waals surface area contributed by atoms with Crippen LogP contribution in [0.2, 0.25) is 0 Å². The fourth-order valence-electron chi connectivity index (χ4n) is 3.69. The highest BCUT2D eigenvalue weighted by Crippen LogP contribution is 2.36. The van der Waals surface area contributed by atoms with E-state index in [4.69, 9.17) is 9.31 Å². The van der Waals surface area contributed by atoms with E-state index in [9.17, 15) is 5.11 Å². The Morgan fingerprint density at radius 2 is 1.69 bits per heavy atom. The van der Waals surface area contributed by atoms with Crippen molar-refractivity contribution in [1.82, 2.24) is 9.80 Å². The lowest BCUT2D eigenvalue weighted by atomic mass is 9.78. The molecule has 1 N–H and O–H groups in total. The summed E-state index contributed by atoms with van der Waals surface area (Å²) in [6, 6.07) is 6.37. The summed E-state index contributed by atoms with van der Waals surface area (Å²) in [5.74, 6) is 0.347. The number of hydrogen-bond donors (Lipinski definition) is 1. The predicted octanol–water partition coefficient (Wildman–Crippen LogP) is 2.22. The van der Waals surface area contributed by atoms with Gasteiger partial charge in [-0.1, -0.05) is 12.1 Å². The molecule has 0 spiro atoms. The molecule has 144 valence electrons. The van der Waals surface area contributed by atoms with E-state index < -0.39 is 0 Å². The SMILES string of the molecule is CN(C)C1CCN(Cc2cc(B3OC(C)(C)C(C)(C)O3)ccc2O)CC1. The highest BCUT2D eigenvalue weighted by molar-refractivity contribution is 6.62. The third-order valence-electron chi connectivity index (χ3n) is 6.31. The Labute approximate surface area is 158 Å². The van der Waals surface area contributed by atoms with Gasteiger partial charge in [0.1, 0.15) is 5.75 Å². The summed E-state index contributed by atoms with van der Waals surface area (Å²) < 4.78 is 12.3. The van der Waals surface area contributed by atoms with Gasteiger partial charge in [-0.3, -0.25) is 4.90 Å². The number of benzene rings is 1. The van der Waals surface area contributed by atoms with E-state index >= 15 is 0 Å². The maximum absolute atomic E-state index is 10.3. The first-order chi connectivity index (χ1) is 12.1. The van der Waals surface area contributed by atoms with Gasteiger partial charge in [-0.25, -0.2) is 0 Å². The molecule has 26 heavy (non-hydrogen) atoms. The number of rotatable bonds is 4. The van der Waals surface area contributed by atoms with E-state index in [2.05, 4.69) is 51.6 Å². The molecule has 6 heteroatoms.